The minimum Gasteiger partial charge on any atom is -0.392 e. The number of hydrogen-bond acceptors (Lipinski definition) is 34. The minimum absolute atomic E-state index is 0.0189. The van der Waals surface area contributed by atoms with E-state index in [1.807, 2.05) is 48.5 Å². The van der Waals surface area contributed by atoms with E-state index in [9.17, 15) is 50.2 Å². The third-order valence-electron chi connectivity index (χ3n) is 9.42. The van der Waals surface area contributed by atoms with E-state index in [4.69, 9.17) is 29.2 Å². The highest BCUT2D eigenvalue weighted by atomic mass is 32.2. The Morgan fingerprint density at radius 3 is 1.10 bits per heavy atom. The molecule has 2 heterocycles. The lowest BCUT2D eigenvalue weighted by Gasteiger charge is -2.26. The standard InChI is InChI=1S/C44H52N12O10S2.4CH4O3S/c1-27(57)23-55(24-28(2)58)43-51-39(45-33-11-7-5-8-12-33)49-41(53-43)47-35-19-17-31(37(21-35)67-66-65-61)15-16-32-18-20-36(22-38(32)68(62,63)64)48-42-50-40(46-34-13-9-6-10-14-34)52-44(54-42)56(25-29(3)59)26-30(4)60;2*1-5(2,3)4;2*1-5-4-3-2/h5-22,27-30,57-61H,23-26H2,1-4H3,(H,62,63,64)(H2,45,47,49,51,53)(H2,46,48,50,52,54);2*1H3,(H,2,3,4);2*2H,1H3/b16-15+;;;;. The first-order valence-electron chi connectivity index (χ1n) is 24.7. The minimum atomic E-state index is -4.83. The number of nitrogens with one attached hydrogen (secondary N) is 4. The molecule has 6 aromatic rings. The van der Waals surface area contributed by atoms with Crippen LogP contribution in [0.15, 0.2) is 107 Å². The number of aliphatic hydroxyl groups excluding tert-OH is 4. The van der Waals surface area contributed by atoms with Crippen LogP contribution in [0.3, 0.4) is 0 Å². The fraction of sp³-hybridized carbons (Fsp3) is 0.333. The van der Waals surface area contributed by atoms with Crippen molar-refractivity contribution in [2.24, 2.45) is 0 Å². The maximum atomic E-state index is 12.9. The predicted molar refractivity (Wildman–Crippen MR) is 331 cm³/mol. The van der Waals surface area contributed by atoms with E-state index in [1.165, 1.54) is 18.2 Å². The van der Waals surface area contributed by atoms with Gasteiger partial charge in [0.2, 0.25) is 35.7 Å². The smallest absolute Gasteiger partial charge is 0.295 e. The SMILES string of the molecule is CC(O)CN(CC(C)O)c1nc(Nc2ccccc2)nc(Nc2ccc(/C=C/c3ccc(Nc4nc(Nc5ccccc5)nc(N(CC(C)O)CC(C)O)n4)cc3S(=O)(=O)O)c(SOOO)c2)n1.CS(=O)(=O)O.CS(=O)(=O)O.CSOOO.CSOOO. The molecule has 6 rings (SSSR count). The number of nitrogens with zero attached hydrogens (tertiary/aromatic N) is 8. The third-order valence-corrected chi connectivity index (χ3v) is 11.4. The molecule has 0 saturated carbocycles. The van der Waals surface area contributed by atoms with Gasteiger partial charge in [-0.1, -0.05) is 75.8 Å². The zero-order valence-corrected chi connectivity index (χ0v) is 52.8. The third kappa shape index (κ3) is 35.0. The number of aliphatic hydroxyl groups is 4. The molecule has 2 aromatic heterocycles. The summed E-state index contributed by atoms with van der Waals surface area (Å²) < 4.78 is 100. The normalized spacial score (nSPS) is 12.6. The summed E-state index contributed by atoms with van der Waals surface area (Å²) in [5.41, 5.74) is 2.52. The van der Waals surface area contributed by atoms with E-state index in [0.717, 1.165) is 24.1 Å². The van der Waals surface area contributed by atoms with Crippen LogP contribution in [0.4, 0.5) is 58.4 Å². The van der Waals surface area contributed by atoms with Crippen molar-refractivity contribution in [3.63, 3.8) is 0 Å². The lowest BCUT2D eigenvalue weighted by Crippen LogP contribution is -2.37. The average Bonchev–Trinajstić information content (AvgIpc) is 2.37. The highest BCUT2D eigenvalue weighted by Gasteiger charge is 2.22. The Hall–Kier alpha value is -6.30. The van der Waals surface area contributed by atoms with Crippen LogP contribution in [0.5, 0.6) is 0 Å². The van der Waals surface area contributed by atoms with Gasteiger partial charge < -0.3 is 51.5 Å². The summed E-state index contributed by atoms with van der Waals surface area (Å²) >= 11 is 2.49. The number of para-hydroxylation sites is 2. The van der Waals surface area contributed by atoms with Gasteiger partial charge in [0.15, 0.2) is 0 Å². The van der Waals surface area contributed by atoms with Crippen molar-refractivity contribution in [2.45, 2.75) is 61.9 Å². The molecule has 488 valence electrons. The van der Waals surface area contributed by atoms with Crippen LogP contribution >= 0.6 is 36.1 Å². The molecule has 4 unspecified atom stereocenters. The molecule has 0 radical (unpaired) electrons. The summed E-state index contributed by atoms with van der Waals surface area (Å²) in [6, 6.07) is 27.4. The first kappa shape index (κ1) is 77.8. The van der Waals surface area contributed by atoms with E-state index in [0.29, 0.717) is 52.1 Å². The highest BCUT2D eigenvalue weighted by molar-refractivity contribution is 7.94. The molecule has 88 heavy (non-hydrogen) atoms. The quantitative estimate of drug-likeness (QED) is 0.00831. The van der Waals surface area contributed by atoms with E-state index >= 15 is 0 Å². The van der Waals surface area contributed by atoms with Crippen molar-refractivity contribution in [3.8, 4) is 0 Å². The van der Waals surface area contributed by atoms with Crippen LogP contribution in [-0.4, -0.2) is 181 Å². The van der Waals surface area contributed by atoms with Crippen molar-refractivity contribution in [3.05, 3.63) is 108 Å². The van der Waals surface area contributed by atoms with E-state index in [1.54, 1.807) is 92.5 Å². The molecule has 34 nitrogen and oxygen atoms in total. The number of hydrogen-bond donors (Lipinski definition) is 14. The van der Waals surface area contributed by atoms with Crippen LogP contribution in [0, 0.1) is 0 Å². The summed E-state index contributed by atoms with van der Waals surface area (Å²) in [6.07, 6.45) is 4.50. The summed E-state index contributed by atoms with van der Waals surface area (Å²) in [5, 5.41) is 87.2. The average molecular weight is 1360 g/mol. The Bertz CT molecular complexity index is 3300. The predicted octanol–water partition coefficient (Wildman–Crippen LogP) is 6.39. The van der Waals surface area contributed by atoms with Gasteiger partial charge in [-0.2, -0.15) is 55.2 Å². The Morgan fingerprint density at radius 1 is 0.477 bits per heavy atom. The number of benzene rings is 4. The fourth-order valence-electron chi connectivity index (χ4n) is 6.63. The lowest BCUT2D eigenvalue weighted by atomic mass is 10.1. The van der Waals surface area contributed by atoms with Gasteiger partial charge in [0.05, 0.1) is 49.0 Å². The second kappa shape index (κ2) is 40.4. The van der Waals surface area contributed by atoms with E-state index < -0.39 is 59.7 Å². The van der Waals surface area contributed by atoms with Crippen molar-refractivity contribution >= 4 is 137 Å². The largest absolute Gasteiger partial charge is 0.392 e. The second-order valence-corrected chi connectivity index (χ2v) is 23.6. The summed E-state index contributed by atoms with van der Waals surface area (Å²) in [5.74, 6) is 0.627. The Labute approximate surface area is 519 Å². The fourth-order valence-corrected chi connectivity index (χ4v) is 7.98. The molecule has 4 aromatic carbocycles. The molecule has 0 aliphatic heterocycles. The second-order valence-electron chi connectivity index (χ2n) is 17.6. The van der Waals surface area contributed by atoms with Gasteiger partial charge in [-0.05, 0) is 87.4 Å². The summed E-state index contributed by atoms with van der Waals surface area (Å²) in [4.78, 5) is 30.3. The first-order valence-corrected chi connectivity index (χ1v) is 32.9. The summed E-state index contributed by atoms with van der Waals surface area (Å²) in [7, 11) is -12.2. The van der Waals surface area contributed by atoms with Gasteiger partial charge in [0.1, 0.15) is 4.90 Å². The van der Waals surface area contributed by atoms with Crippen molar-refractivity contribution in [1.82, 2.24) is 29.9 Å². The Kier molecular flexibility index (Phi) is 35.7. The number of aromatic nitrogens is 6. The molecule has 14 N–H and O–H groups in total. The highest BCUT2D eigenvalue weighted by Crippen LogP contribution is 2.32. The zero-order chi connectivity index (χ0) is 66.0. The monoisotopic (exact) mass is 1360 g/mol. The number of rotatable bonds is 28. The molecule has 0 aliphatic rings. The van der Waals surface area contributed by atoms with Gasteiger partial charge in [-0.3, -0.25) is 13.7 Å². The Morgan fingerprint density at radius 2 is 0.795 bits per heavy atom. The van der Waals surface area contributed by atoms with Crippen molar-refractivity contribution in [2.75, 3.05) is 82.3 Å². The van der Waals surface area contributed by atoms with Crippen LogP contribution in [0.2, 0.25) is 0 Å². The topological polar surface area (TPSA) is 492 Å². The Balaban J connectivity index is 0.00000114. The van der Waals surface area contributed by atoms with Gasteiger partial charge in [-0.15, -0.1) is 13.0 Å². The van der Waals surface area contributed by atoms with E-state index in [2.05, 4.69) is 75.0 Å². The van der Waals surface area contributed by atoms with Crippen molar-refractivity contribution in [1.29, 1.82) is 0 Å². The van der Waals surface area contributed by atoms with E-state index in [-0.39, 0.29) is 73.1 Å². The van der Waals surface area contributed by atoms with Gasteiger partial charge in [-0.25, -0.2) is 15.8 Å². The van der Waals surface area contributed by atoms with Gasteiger partial charge in [0, 0.05) is 90.4 Å². The molecular weight excluding hydrogens is 1290 g/mol. The molecule has 0 saturated heterocycles. The van der Waals surface area contributed by atoms with Crippen LogP contribution in [-0.2, 0) is 58.5 Å². The molecule has 0 aliphatic carbocycles. The molecule has 0 amide bonds. The lowest BCUT2D eigenvalue weighted by molar-refractivity contribution is -0.432. The van der Waals surface area contributed by atoms with Crippen molar-refractivity contribution < 1.29 is 103 Å². The van der Waals surface area contributed by atoms with Gasteiger partial charge in [0.25, 0.3) is 30.4 Å². The molecular formula is C48H68N12O22S6. The maximum absolute atomic E-state index is 12.9. The number of anilines is 10. The first-order chi connectivity index (χ1) is 41.3. The van der Waals surface area contributed by atoms with Crippen LogP contribution in [0.1, 0.15) is 38.8 Å². The zero-order valence-electron chi connectivity index (χ0n) is 47.9. The molecule has 0 spiro atoms. The maximum Gasteiger partial charge on any atom is 0.295 e. The summed E-state index contributed by atoms with van der Waals surface area (Å²) in [6.45, 7) is 6.76. The van der Waals surface area contributed by atoms with Gasteiger partial charge >= 0.3 is 0 Å². The molecule has 40 heteroatoms. The van der Waals surface area contributed by atoms with Crippen LogP contribution < -0.4 is 31.1 Å². The molecule has 0 fully saturated rings. The van der Waals surface area contributed by atoms with Crippen LogP contribution in [0.25, 0.3) is 12.2 Å². The molecule has 0 bridgehead atoms. The molecule has 4 atom stereocenters.